The summed E-state index contributed by atoms with van der Waals surface area (Å²) >= 11 is 0. The number of nitrogens with zero attached hydrogens (tertiary/aromatic N) is 2. The number of pyridine rings is 1. The lowest BCUT2D eigenvalue weighted by atomic mass is 10.0. The van der Waals surface area contributed by atoms with Gasteiger partial charge in [-0.25, -0.2) is 4.79 Å². The fourth-order valence-electron chi connectivity index (χ4n) is 2.48. The molecule has 1 aromatic rings. The third kappa shape index (κ3) is 4.88. The number of likely N-dealkylation sites (tertiary alicyclic amines) is 1. The number of piperidine rings is 1. The van der Waals surface area contributed by atoms with Gasteiger partial charge in [0.05, 0.1) is 5.69 Å². The molecule has 0 unspecified atom stereocenters. The monoisotopic (exact) mass is 287 g/mol. The Balaban J connectivity index is 1.84. The van der Waals surface area contributed by atoms with Crippen LogP contribution in [0.5, 0.6) is 0 Å². The first-order valence-corrected chi connectivity index (χ1v) is 7.85. The SMILES string of the molecule is CCCCNC(=O)N1CCC(=Cc2cccc(C)n2)CC1. The highest BCUT2D eigenvalue weighted by Gasteiger charge is 2.18. The summed E-state index contributed by atoms with van der Waals surface area (Å²) in [4.78, 5) is 18.4. The Hall–Kier alpha value is -1.84. The van der Waals surface area contributed by atoms with E-state index in [9.17, 15) is 4.79 Å². The maximum absolute atomic E-state index is 12.0. The van der Waals surface area contributed by atoms with E-state index in [4.69, 9.17) is 0 Å². The molecule has 0 spiro atoms. The van der Waals surface area contributed by atoms with Crippen molar-refractivity contribution in [3.8, 4) is 0 Å². The molecule has 1 N–H and O–H groups in total. The Labute approximate surface area is 127 Å². The van der Waals surface area contributed by atoms with Gasteiger partial charge in [0.1, 0.15) is 0 Å². The summed E-state index contributed by atoms with van der Waals surface area (Å²) in [5.41, 5.74) is 3.44. The van der Waals surface area contributed by atoms with Crippen LogP contribution in [0, 0.1) is 6.92 Å². The second-order valence-electron chi connectivity index (χ2n) is 5.58. The number of hydrogen-bond donors (Lipinski definition) is 1. The molecule has 1 aliphatic rings. The van der Waals surface area contributed by atoms with Crippen LogP contribution in [0.1, 0.15) is 44.0 Å². The van der Waals surface area contributed by atoms with E-state index in [0.29, 0.717) is 0 Å². The quantitative estimate of drug-likeness (QED) is 0.863. The van der Waals surface area contributed by atoms with E-state index in [1.54, 1.807) is 0 Å². The van der Waals surface area contributed by atoms with Gasteiger partial charge in [-0.05, 0) is 44.4 Å². The smallest absolute Gasteiger partial charge is 0.317 e. The number of carbonyl (C=O) groups is 1. The Morgan fingerprint density at radius 3 is 2.81 bits per heavy atom. The van der Waals surface area contributed by atoms with Crippen LogP contribution in [0.2, 0.25) is 0 Å². The highest BCUT2D eigenvalue weighted by molar-refractivity contribution is 5.74. The molecule has 0 aliphatic carbocycles. The average Bonchev–Trinajstić information content (AvgIpc) is 2.48. The van der Waals surface area contributed by atoms with Gasteiger partial charge in [-0.15, -0.1) is 0 Å². The van der Waals surface area contributed by atoms with Gasteiger partial charge in [0.15, 0.2) is 0 Å². The lowest BCUT2D eigenvalue weighted by Gasteiger charge is -2.28. The Bertz CT molecular complexity index is 501. The molecule has 2 amide bonds. The summed E-state index contributed by atoms with van der Waals surface area (Å²) in [6, 6.07) is 6.15. The molecule has 21 heavy (non-hydrogen) atoms. The third-order valence-electron chi connectivity index (χ3n) is 3.76. The van der Waals surface area contributed by atoms with E-state index in [-0.39, 0.29) is 6.03 Å². The van der Waals surface area contributed by atoms with Crippen molar-refractivity contribution in [1.82, 2.24) is 15.2 Å². The molecule has 1 fully saturated rings. The fraction of sp³-hybridized carbons (Fsp3) is 0.529. The summed E-state index contributed by atoms with van der Waals surface area (Å²) in [5.74, 6) is 0. The zero-order valence-electron chi connectivity index (χ0n) is 13.1. The minimum atomic E-state index is 0.0798. The van der Waals surface area contributed by atoms with Gasteiger partial charge in [-0.2, -0.15) is 0 Å². The first-order valence-electron chi connectivity index (χ1n) is 7.85. The number of amides is 2. The Morgan fingerprint density at radius 1 is 1.38 bits per heavy atom. The van der Waals surface area contributed by atoms with Crippen LogP contribution in [-0.4, -0.2) is 35.5 Å². The summed E-state index contributed by atoms with van der Waals surface area (Å²) in [7, 11) is 0. The predicted octanol–water partition coefficient (Wildman–Crippen LogP) is 3.38. The molecule has 0 aromatic carbocycles. The first kappa shape index (κ1) is 15.5. The van der Waals surface area contributed by atoms with Crippen LogP contribution in [0.15, 0.2) is 23.8 Å². The van der Waals surface area contributed by atoms with Crippen LogP contribution in [-0.2, 0) is 0 Å². The topological polar surface area (TPSA) is 45.2 Å². The van der Waals surface area contributed by atoms with Gasteiger partial charge in [-0.3, -0.25) is 4.98 Å². The van der Waals surface area contributed by atoms with Crippen LogP contribution in [0.3, 0.4) is 0 Å². The summed E-state index contributed by atoms with van der Waals surface area (Å²) in [5, 5.41) is 2.98. The summed E-state index contributed by atoms with van der Waals surface area (Å²) in [6.07, 6.45) is 6.20. The normalized spacial score (nSPS) is 15.0. The fourth-order valence-corrected chi connectivity index (χ4v) is 2.48. The number of aromatic nitrogens is 1. The molecule has 2 rings (SSSR count). The van der Waals surface area contributed by atoms with E-state index in [1.165, 1.54) is 5.57 Å². The number of hydrogen-bond acceptors (Lipinski definition) is 2. The third-order valence-corrected chi connectivity index (χ3v) is 3.76. The highest BCUT2D eigenvalue weighted by atomic mass is 16.2. The molecule has 4 heteroatoms. The van der Waals surface area contributed by atoms with Crippen molar-refractivity contribution in [1.29, 1.82) is 0 Å². The number of urea groups is 1. The second-order valence-corrected chi connectivity index (χ2v) is 5.58. The molecular weight excluding hydrogens is 262 g/mol. The van der Waals surface area contributed by atoms with Crippen molar-refractivity contribution in [3.63, 3.8) is 0 Å². The molecule has 1 saturated heterocycles. The van der Waals surface area contributed by atoms with E-state index in [2.05, 4.69) is 23.3 Å². The molecule has 1 aliphatic heterocycles. The van der Waals surface area contributed by atoms with Crippen molar-refractivity contribution in [2.24, 2.45) is 0 Å². The maximum Gasteiger partial charge on any atom is 0.317 e. The van der Waals surface area contributed by atoms with Gasteiger partial charge < -0.3 is 10.2 Å². The highest BCUT2D eigenvalue weighted by Crippen LogP contribution is 2.18. The van der Waals surface area contributed by atoms with Crippen LogP contribution < -0.4 is 5.32 Å². The molecule has 0 saturated carbocycles. The van der Waals surface area contributed by atoms with Crippen molar-refractivity contribution >= 4 is 12.1 Å². The predicted molar refractivity (Wildman–Crippen MR) is 86.1 cm³/mol. The summed E-state index contributed by atoms with van der Waals surface area (Å²) in [6.45, 7) is 6.52. The first-order chi connectivity index (χ1) is 10.2. The largest absolute Gasteiger partial charge is 0.338 e. The van der Waals surface area contributed by atoms with Crippen LogP contribution in [0.25, 0.3) is 6.08 Å². The van der Waals surface area contributed by atoms with E-state index < -0.39 is 0 Å². The number of unbranched alkanes of at least 4 members (excludes halogenated alkanes) is 1. The van der Waals surface area contributed by atoms with Gasteiger partial charge in [0.25, 0.3) is 0 Å². The molecule has 4 nitrogen and oxygen atoms in total. The minimum Gasteiger partial charge on any atom is -0.338 e. The Kier molecular flexibility index (Phi) is 5.78. The van der Waals surface area contributed by atoms with Crippen LogP contribution in [0.4, 0.5) is 4.79 Å². The zero-order chi connectivity index (χ0) is 15.1. The van der Waals surface area contributed by atoms with E-state index in [0.717, 1.165) is 56.7 Å². The van der Waals surface area contributed by atoms with Gasteiger partial charge in [0.2, 0.25) is 0 Å². The number of nitrogens with one attached hydrogen (secondary N) is 1. The lowest BCUT2D eigenvalue weighted by molar-refractivity contribution is 0.194. The summed E-state index contributed by atoms with van der Waals surface area (Å²) < 4.78 is 0. The van der Waals surface area contributed by atoms with Gasteiger partial charge in [-0.1, -0.05) is 25.0 Å². The van der Waals surface area contributed by atoms with Crippen molar-refractivity contribution < 1.29 is 4.79 Å². The van der Waals surface area contributed by atoms with Gasteiger partial charge in [0, 0.05) is 25.3 Å². The second kappa shape index (κ2) is 7.81. The number of rotatable bonds is 4. The number of carbonyl (C=O) groups excluding carboxylic acids is 1. The van der Waals surface area contributed by atoms with Crippen molar-refractivity contribution in [2.75, 3.05) is 19.6 Å². The maximum atomic E-state index is 12.0. The van der Waals surface area contributed by atoms with Gasteiger partial charge >= 0.3 is 6.03 Å². The standard InChI is InChI=1S/C17H25N3O/c1-3-4-10-18-17(21)20-11-8-15(9-12-20)13-16-7-5-6-14(2)19-16/h5-7,13H,3-4,8-12H2,1-2H3,(H,18,21). The Morgan fingerprint density at radius 2 is 2.14 bits per heavy atom. The molecule has 1 aromatic heterocycles. The van der Waals surface area contributed by atoms with E-state index >= 15 is 0 Å². The zero-order valence-corrected chi connectivity index (χ0v) is 13.1. The molecule has 114 valence electrons. The molecule has 0 radical (unpaired) electrons. The molecule has 0 atom stereocenters. The lowest BCUT2D eigenvalue weighted by Crippen LogP contribution is -2.43. The average molecular weight is 287 g/mol. The number of aryl methyl sites for hydroxylation is 1. The van der Waals surface area contributed by atoms with Crippen LogP contribution >= 0.6 is 0 Å². The molecule has 2 heterocycles. The van der Waals surface area contributed by atoms with Crippen molar-refractivity contribution in [2.45, 2.75) is 39.5 Å². The molecular formula is C17H25N3O. The van der Waals surface area contributed by atoms with Crippen molar-refractivity contribution in [3.05, 3.63) is 35.2 Å². The molecule has 0 bridgehead atoms. The van der Waals surface area contributed by atoms with E-state index in [1.807, 2.05) is 30.0 Å². The minimum absolute atomic E-state index is 0.0798.